The molecule has 12 heteroatoms. The number of nitrogens with zero attached hydrogens (tertiary/aromatic N) is 5. The van der Waals surface area contributed by atoms with Crippen LogP contribution in [0.3, 0.4) is 0 Å². The number of aryl methyl sites for hydroxylation is 1. The van der Waals surface area contributed by atoms with Crippen LogP contribution in [0.1, 0.15) is 12.1 Å². The Morgan fingerprint density at radius 1 is 1.33 bits per heavy atom. The number of pyridine rings is 1. The number of rotatable bonds is 8. The van der Waals surface area contributed by atoms with Crippen molar-refractivity contribution in [1.29, 1.82) is 0 Å². The van der Waals surface area contributed by atoms with Gasteiger partial charge in [0.1, 0.15) is 0 Å². The molecule has 0 spiro atoms. The highest BCUT2D eigenvalue weighted by atomic mass is 17.2. The maximum Gasteiger partial charge on any atom is 0.318 e. The molecule has 114 valence electrons. The second kappa shape index (κ2) is 8.08. The van der Waals surface area contributed by atoms with Crippen LogP contribution in [0.15, 0.2) is 29.4 Å². The first-order valence-corrected chi connectivity index (χ1v) is 5.64. The topological polar surface area (TPSA) is 159 Å². The third kappa shape index (κ3) is 6.51. The van der Waals surface area contributed by atoms with Crippen LogP contribution >= 0.6 is 0 Å². The first-order valence-electron chi connectivity index (χ1n) is 5.64. The summed E-state index contributed by atoms with van der Waals surface area (Å²) >= 11 is 0. The van der Waals surface area contributed by atoms with E-state index in [4.69, 9.17) is 5.73 Å². The average Bonchev–Trinajstić information content (AvgIpc) is 2.43. The number of hydrogen-bond donors (Lipinski definition) is 1. The predicted molar refractivity (Wildman–Crippen MR) is 67.0 cm³/mol. The Kier molecular flexibility index (Phi) is 6.11. The highest BCUT2D eigenvalue weighted by Crippen LogP contribution is 1.99. The summed E-state index contributed by atoms with van der Waals surface area (Å²) in [6, 6.07) is 5.43. The van der Waals surface area contributed by atoms with Crippen molar-refractivity contribution < 1.29 is 20.0 Å². The van der Waals surface area contributed by atoms with Gasteiger partial charge in [0.15, 0.2) is 0 Å². The summed E-state index contributed by atoms with van der Waals surface area (Å²) in [5, 5.41) is 17.4. The van der Waals surface area contributed by atoms with E-state index in [1.165, 1.54) is 0 Å². The van der Waals surface area contributed by atoms with E-state index in [9.17, 15) is 20.2 Å². The highest BCUT2D eigenvalue weighted by Gasteiger charge is 2.17. The van der Waals surface area contributed by atoms with E-state index in [2.05, 4.69) is 19.9 Å². The predicted octanol–water partition coefficient (Wildman–Crippen LogP) is -0.122. The molecule has 0 aliphatic carbocycles. The van der Waals surface area contributed by atoms with Gasteiger partial charge in [-0.05, 0) is 30.2 Å². The molecule has 1 heterocycles. The van der Waals surface area contributed by atoms with Crippen molar-refractivity contribution in [2.24, 2.45) is 10.7 Å². The van der Waals surface area contributed by atoms with Gasteiger partial charge in [0.25, 0.3) is 0 Å². The molecule has 0 unspecified atom stereocenters. The third-order valence-corrected chi connectivity index (χ3v) is 2.06. The molecule has 0 aliphatic heterocycles. The van der Waals surface area contributed by atoms with Gasteiger partial charge in [-0.15, -0.1) is 20.2 Å². The minimum Gasteiger partial charge on any atom is -0.367 e. The Labute approximate surface area is 117 Å². The number of guanidine groups is 1. The van der Waals surface area contributed by atoms with Gasteiger partial charge in [0.2, 0.25) is 5.96 Å². The summed E-state index contributed by atoms with van der Waals surface area (Å²) in [5.41, 5.74) is 6.13. The number of hydroxylamine groups is 2. The van der Waals surface area contributed by atoms with Gasteiger partial charge in [-0.2, -0.15) is 9.88 Å². The van der Waals surface area contributed by atoms with Crippen LogP contribution in [-0.2, 0) is 16.3 Å². The van der Waals surface area contributed by atoms with Crippen LogP contribution in [0, 0.1) is 20.2 Å². The molecule has 0 saturated carbocycles. The van der Waals surface area contributed by atoms with Gasteiger partial charge in [-0.3, -0.25) is 4.98 Å². The largest absolute Gasteiger partial charge is 0.367 e. The molecular formula is C9H12N6O6. The van der Waals surface area contributed by atoms with Crippen LogP contribution < -0.4 is 5.73 Å². The van der Waals surface area contributed by atoms with E-state index in [0.717, 1.165) is 5.69 Å². The fourth-order valence-electron chi connectivity index (χ4n) is 1.28. The molecule has 21 heavy (non-hydrogen) atoms. The van der Waals surface area contributed by atoms with Crippen molar-refractivity contribution in [3.05, 3.63) is 50.3 Å². The summed E-state index contributed by atoms with van der Waals surface area (Å²) in [4.78, 5) is 35.6. The maximum atomic E-state index is 10.1. The Hall–Kier alpha value is -3.18. The van der Waals surface area contributed by atoms with Gasteiger partial charge in [0, 0.05) is 18.4 Å². The zero-order valence-corrected chi connectivity index (χ0v) is 10.7. The molecule has 1 rings (SSSR count). The first kappa shape index (κ1) is 15.9. The summed E-state index contributed by atoms with van der Waals surface area (Å²) in [5.74, 6) is -0.649. The average molecular weight is 300 g/mol. The zero-order chi connectivity index (χ0) is 15.7. The molecule has 0 amide bonds. The second-order valence-corrected chi connectivity index (χ2v) is 3.53. The van der Waals surface area contributed by atoms with Crippen molar-refractivity contribution in [2.75, 3.05) is 6.54 Å². The number of nitrogens with two attached hydrogens (primary N) is 1. The van der Waals surface area contributed by atoms with Crippen LogP contribution in [0.2, 0.25) is 0 Å². The van der Waals surface area contributed by atoms with Crippen LogP contribution in [-0.4, -0.2) is 32.9 Å². The lowest BCUT2D eigenvalue weighted by Gasteiger charge is -2.14. The molecule has 0 fully saturated rings. The molecule has 0 radical (unpaired) electrons. The van der Waals surface area contributed by atoms with Crippen molar-refractivity contribution >= 4 is 5.96 Å². The molecule has 1 aromatic rings. The molecule has 0 atom stereocenters. The van der Waals surface area contributed by atoms with E-state index in [1.54, 1.807) is 12.3 Å². The van der Waals surface area contributed by atoms with Gasteiger partial charge >= 0.3 is 10.2 Å². The Morgan fingerprint density at radius 3 is 2.52 bits per heavy atom. The van der Waals surface area contributed by atoms with Crippen LogP contribution in [0.25, 0.3) is 0 Å². The highest BCUT2D eigenvalue weighted by molar-refractivity contribution is 5.75. The monoisotopic (exact) mass is 300 g/mol. The molecule has 1 aromatic heterocycles. The van der Waals surface area contributed by atoms with Crippen molar-refractivity contribution in [1.82, 2.24) is 10.2 Å². The van der Waals surface area contributed by atoms with Gasteiger partial charge in [-0.25, -0.2) is 4.99 Å². The van der Waals surface area contributed by atoms with Crippen molar-refractivity contribution in [3.63, 3.8) is 0 Å². The lowest BCUT2D eigenvalue weighted by atomic mass is 10.2. The van der Waals surface area contributed by atoms with E-state index >= 15 is 0 Å². The van der Waals surface area contributed by atoms with Crippen LogP contribution in [0.5, 0.6) is 0 Å². The molecular weight excluding hydrogens is 288 g/mol. The van der Waals surface area contributed by atoms with E-state index in [0.29, 0.717) is 12.8 Å². The molecule has 0 bridgehead atoms. The number of aromatic nitrogens is 1. The zero-order valence-electron chi connectivity index (χ0n) is 10.7. The smallest absolute Gasteiger partial charge is 0.318 e. The standard InChI is InChI=1S/C9H12N6O6/c10-9(13(20-14(16)17)21-15(18)19)12-7-3-5-8-4-1-2-6-11-8/h1-2,4,6H,3,5,7H2,(H2,10,12). The van der Waals surface area contributed by atoms with Gasteiger partial charge in [0.05, 0.1) is 0 Å². The summed E-state index contributed by atoms with van der Waals surface area (Å²) in [7, 11) is 0. The molecule has 2 N–H and O–H groups in total. The van der Waals surface area contributed by atoms with Crippen molar-refractivity contribution in [2.45, 2.75) is 12.8 Å². The summed E-state index contributed by atoms with van der Waals surface area (Å²) in [6.45, 7) is 0.154. The van der Waals surface area contributed by atoms with E-state index in [-0.39, 0.29) is 11.8 Å². The van der Waals surface area contributed by atoms with Crippen LogP contribution in [0.4, 0.5) is 0 Å². The van der Waals surface area contributed by atoms with Gasteiger partial charge in [-0.1, -0.05) is 6.07 Å². The molecule has 0 saturated heterocycles. The minimum atomic E-state index is -1.32. The quantitative estimate of drug-likeness (QED) is 0.227. The number of aliphatic imine (C=N–C) groups is 1. The Balaban J connectivity index is 2.47. The van der Waals surface area contributed by atoms with Gasteiger partial charge < -0.3 is 5.73 Å². The molecule has 12 nitrogen and oxygen atoms in total. The van der Waals surface area contributed by atoms with E-state index < -0.39 is 16.1 Å². The second-order valence-electron chi connectivity index (χ2n) is 3.53. The van der Waals surface area contributed by atoms with E-state index in [1.807, 2.05) is 12.1 Å². The first-order chi connectivity index (χ1) is 9.99. The van der Waals surface area contributed by atoms with Crippen molar-refractivity contribution in [3.8, 4) is 0 Å². The summed E-state index contributed by atoms with van der Waals surface area (Å²) < 4.78 is 0. The maximum absolute atomic E-state index is 10.1. The lowest BCUT2D eigenvalue weighted by Crippen LogP contribution is -2.40. The Bertz CT molecular complexity index is 493. The lowest BCUT2D eigenvalue weighted by molar-refractivity contribution is -0.911. The SMILES string of the molecule is NC(=NCCCc1ccccn1)N(O[N+](=O)[O-])O[N+](=O)[O-]. The minimum absolute atomic E-state index is 0.154. The molecule has 0 aliphatic rings. The fraction of sp³-hybridized carbons (Fsp3) is 0.333. The molecule has 0 aromatic carbocycles. The normalized spacial score (nSPS) is 10.8. The third-order valence-electron chi connectivity index (χ3n) is 2.06. The number of hydrogen-bond acceptors (Lipinski definition) is 8. The fourth-order valence-corrected chi connectivity index (χ4v) is 1.28. The summed E-state index contributed by atoms with van der Waals surface area (Å²) in [6.07, 6.45) is 2.77. The Morgan fingerprint density at radius 2 is 2.00 bits per heavy atom.